The summed E-state index contributed by atoms with van der Waals surface area (Å²) in [6.45, 7) is 0. The second-order valence-corrected chi connectivity index (χ2v) is 5.20. The molecule has 0 fully saturated rings. The van der Waals surface area contributed by atoms with E-state index >= 15 is 0 Å². The maximum Gasteiger partial charge on any atom is 0.333 e. The van der Waals surface area contributed by atoms with Gasteiger partial charge in [0.1, 0.15) is 0 Å². The van der Waals surface area contributed by atoms with Gasteiger partial charge in [-0.25, -0.2) is 4.79 Å². The zero-order valence-electron chi connectivity index (χ0n) is 12.5. The number of hydrogen-bond acceptors (Lipinski definition) is 3. The van der Waals surface area contributed by atoms with Crippen molar-refractivity contribution in [1.29, 1.82) is 0 Å². The number of amides is 1. The van der Waals surface area contributed by atoms with Crippen LogP contribution < -0.4 is 5.32 Å². The van der Waals surface area contributed by atoms with E-state index in [4.69, 9.17) is 16.3 Å². The monoisotopic (exact) mass is 329 g/mol. The molecule has 23 heavy (non-hydrogen) atoms. The molecule has 0 heterocycles. The second kappa shape index (κ2) is 8.15. The van der Waals surface area contributed by atoms with Crippen LogP contribution in [0.5, 0.6) is 0 Å². The minimum atomic E-state index is -0.844. The quantitative estimate of drug-likeness (QED) is 0.676. The number of carbonyl (C=O) groups is 2. The molecule has 2 aromatic rings. The summed E-state index contributed by atoms with van der Waals surface area (Å²) in [6, 6.07) is 15.1. The molecule has 0 radical (unpaired) electrons. The van der Waals surface area contributed by atoms with Gasteiger partial charge in [0.05, 0.1) is 7.11 Å². The van der Waals surface area contributed by atoms with Crippen molar-refractivity contribution < 1.29 is 14.3 Å². The largest absolute Gasteiger partial charge is 0.467 e. The maximum absolute atomic E-state index is 12.1. The van der Waals surface area contributed by atoms with Crippen molar-refractivity contribution in [1.82, 2.24) is 5.32 Å². The number of nitrogens with one attached hydrogen (secondary N) is 1. The van der Waals surface area contributed by atoms with Crippen LogP contribution in [-0.2, 0) is 14.3 Å². The summed E-state index contributed by atoms with van der Waals surface area (Å²) in [5, 5.41) is 3.27. The van der Waals surface area contributed by atoms with Crippen molar-refractivity contribution in [2.24, 2.45) is 0 Å². The Balaban J connectivity index is 2.08. The van der Waals surface area contributed by atoms with Crippen LogP contribution in [0, 0.1) is 0 Å². The fourth-order valence-electron chi connectivity index (χ4n) is 1.98. The lowest BCUT2D eigenvalue weighted by Crippen LogP contribution is -2.33. The number of halogens is 1. The van der Waals surface area contributed by atoms with Gasteiger partial charge in [-0.05, 0) is 29.3 Å². The summed E-state index contributed by atoms with van der Waals surface area (Å²) >= 11 is 5.81. The average molecular weight is 330 g/mol. The van der Waals surface area contributed by atoms with Crippen molar-refractivity contribution in [3.8, 4) is 0 Å². The molecule has 0 aliphatic carbocycles. The molecule has 2 rings (SSSR count). The molecule has 1 amide bonds. The van der Waals surface area contributed by atoms with E-state index in [0.29, 0.717) is 10.6 Å². The van der Waals surface area contributed by atoms with Crippen molar-refractivity contribution in [3.05, 3.63) is 76.8 Å². The highest BCUT2D eigenvalue weighted by Gasteiger charge is 2.22. The number of esters is 1. The van der Waals surface area contributed by atoms with Gasteiger partial charge in [0.15, 0.2) is 6.04 Å². The van der Waals surface area contributed by atoms with Crippen LogP contribution in [0.25, 0.3) is 6.08 Å². The molecule has 0 aliphatic rings. The van der Waals surface area contributed by atoms with E-state index in [0.717, 1.165) is 5.56 Å². The van der Waals surface area contributed by atoms with Gasteiger partial charge >= 0.3 is 5.97 Å². The predicted octanol–water partition coefficient (Wildman–Crippen LogP) is 3.38. The van der Waals surface area contributed by atoms with E-state index in [1.54, 1.807) is 54.6 Å². The third kappa shape index (κ3) is 4.97. The van der Waals surface area contributed by atoms with Crippen LogP contribution in [-0.4, -0.2) is 19.0 Å². The number of hydrogen-bond donors (Lipinski definition) is 1. The van der Waals surface area contributed by atoms with Crippen LogP contribution in [0.1, 0.15) is 17.2 Å². The van der Waals surface area contributed by atoms with E-state index in [2.05, 4.69) is 5.32 Å². The minimum Gasteiger partial charge on any atom is -0.467 e. The third-order valence-electron chi connectivity index (χ3n) is 3.15. The molecule has 0 spiro atoms. The second-order valence-electron chi connectivity index (χ2n) is 4.76. The Hall–Kier alpha value is -2.59. The molecule has 2 aromatic carbocycles. The van der Waals surface area contributed by atoms with Gasteiger partial charge in [0.2, 0.25) is 5.91 Å². The van der Waals surface area contributed by atoms with E-state index in [9.17, 15) is 9.59 Å². The van der Waals surface area contributed by atoms with Crippen molar-refractivity contribution in [3.63, 3.8) is 0 Å². The Morgan fingerprint density at radius 3 is 2.35 bits per heavy atom. The fourth-order valence-corrected chi connectivity index (χ4v) is 2.10. The lowest BCUT2D eigenvalue weighted by Gasteiger charge is -2.15. The lowest BCUT2D eigenvalue weighted by atomic mass is 10.1. The van der Waals surface area contributed by atoms with Gasteiger partial charge in [0, 0.05) is 11.1 Å². The molecule has 1 N–H and O–H groups in total. The molecule has 0 unspecified atom stereocenters. The molecule has 0 bridgehead atoms. The summed E-state index contributed by atoms with van der Waals surface area (Å²) in [5.74, 6) is -0.913. The summed E-state index contributed by atoms with van der Waals surface area (Å²) in [6.07, 6.45) is 3.01. The lowest BCUT2D eigenvalue weighted by molar-refractivity contribution is -0.144. The topological polar surface area (TPSA) is 55.4 Å². The van der Waals surface area contributed by atoms with Crippen LogP contribution in [0.3, 0.4) is 0 Å². The first-order chi connectivity index (χ1) is 11.1. The molecule has 1 atom stereocenters. The Labute approximate surface area is 139 Å². The summed E-state index contributed by atoms with van der Waals surface area (Å²) in [5.41, 5.74) is 1.49. The van der Waals surface area contributed by atoms with Gasteiger partial charge in [-0.2, -0.15) is 0 Å². The number of methoxy groups -OCH3 is 1. The Kier molecular flexibility index (Phi) is 5.94. The van der Waals surface area contributed by atoms with Crippen LogP contribution >= 0.6 is 11.6 Å². The number of rotatable bonds is 5. The van der Waals surface area contributed by atoms with Crippen LogP contribution in [0.2, 0.25) is 5.02 Å². The average Bonchev–Trinajstić information content (AvgIpc) is 2.59. The summed E-state index contributed by atoms with van der Waals surface area (Å²) < 4.78 is 4.75. The Bertz CT molecular complexity index is 696. The smallest absolute Gasteiger partial charge is 0.333 e. The molecule has 0 aromatic heterocycles. The van der Waals surface area contributed by atoms with Gasteiger partial charge in [0.25, 0.3) is 0 Å². The zero-order valence-corrected chi connectivity index (χ0v) is 13.3. The van der Waals surface area contributed by atoms with E-state index in [-0.39, 0.29) is 5.91 Å². The summed E-state index contributed by atoms with van der Waals surface area (Å²) in [7, 11) is 1.29. The van der Waals surface area contributed by atoms with Crippen LogP contribution in [0.15, 0.2) is 60.7 Å². The molecular formula is C18H16ClNO3. The zero-order chi connectivity index (χ0) is 16.7. The van der Waals surface area contributed by atoms with Gasteiger partial charge in [-0.3, -0.25) is 4.79 Å². The first kappa shape index (κ1) is 16.8. The highest BCUT2D eigenvalue weighted by Crippen LogP contribution is 2.14. The Morgan fingerprint density at radius 1 is 1.09 bits per heavy atom. The molecular weight excluding hydrogens is 314 g/mol. The fraction of sp³-hybridized carbons (Fsp3) is 0.111. The molecule has 4 nitrogen and oxygen atoms in total. The van der Waals surface area contributed by atoms with Crippen molar-refractivity contribution in [2.75, 3.05) is 7.11 Å². The third-order valence-corrected chi connectivity index (χ3v) is 3.41. The van der Waals surface area contributed by atoms with E-state index in [1.807, 2.05) is 6.07 Å². The van der Waals surface area contributed by atoms with Gasteiger partial charge < -0.3 is 10.1 Å². The molecule has 0 saturated heterocycles. The summed E-state index contributed by atoms with van der Waals surface area (Å²) in [4.78, 5) is 23.9. The van der Waals surface area contributed by atoms with Crippen molar-refractivity contribution >= 4 is 29.6 Å². The number of ether oxygens (including phenoxy) is 1. The molecule has 118 valence electrons. The Morgan fingerprint density at radius 2 is 1.74 bits per heavy atom. The first-order valence-electron chi connectivity index (χ1n) is 6.97. The normalized spacial score (nSPS) is 11.9. The highest BCUT2D eigenvalue weighted by atomic mass is 35.5. The van der Waals surface area contributed by atoms with Crippen molar-refractivity contribution in [2.45, 2.75) is 6.04 Å². The molecule has 5 heteroatoms. The number of carbonyl (C=O) groups excluding carboxylic acids is 2. The highest BCUT2D eigenvalue weighted by molar-refractivity contribution is 6.30. The predicted molar refractivity (Wildman–Crippen MR) is 89.8 cm³/mol. The minimum absolute atomic E-state index is 0.390. The number of benzene rings is 2. The maximum atomic E-state index is 12.1. The SMILES string of the molecule is COC(=O)[C@@H](NC(=O)/C=C/c1ccc(Cl)cc1)c1ccccc1. The van der Waals surface area contributed by atoms with Crippen LogP contribution in [0.4, 0.5) is 0 Å². The van der Waals surface area contributed by atoms with Gasteiger partial charge in [-0.15, -0.1) is 0 Å². The van der Waals surface area contributed by atoms with E-state index in [1.165, 1.54) is 13.2 Å². The molecule has 0 aliphatic heterocycles. The molecule has 0 saturated carbocycles. The standard InChI is InChI=1S/C18H16ClNO3/c1-23-18(22)17(14-5-3-2-4-6-14)20-16(21)12-9-13-7-10-15(19)11-8-13/h2-12,17H,1H3,(H,20,21)/b12-9+/t17-/m0/s1. The first-order valence-corrected chi connectivity index (χ1v) is 7.35. The van der Waals surface area contributed by atoms with Gasteiger partial charge in [-0.1, -0.05) is 54.1 Å². The van der Waals surface area contributed by atoms with E-state index < -0.39 is 12.0 Å².